The molecule has 0 aliphatic rings. The minimum absolute atomic E-state index is 0.0668. The fraction of sp³-hybridized carbons (Fsp3) is 0.200. The van der Waals surface area contributed by atoms with Gasteiger partial charge in [0.15, 0.2) is 0 Å². The van der Waals surface area contributed by atoms with E-state index in [1.54, 1.807) is 12.1 Å². The van der Waals surface area contributed by atoms with Crippen LogP contribution in [-0.4, -0.2) is 16.9 Å². The topological polar surface area (TPSA) is 84.4 Å². The summed E-state index contributed by atoms with van der Waals surface area (Å²) in [6.07, 6.45) is 0. The van der Waals surface area contributed by atoms with Crippen molar-refractivity contribution in [2.75, 3.05) is 12.5 Å². The average Bonchev–Trinajstić information content (AvgIpc) is 2.48. The Bertz CT molecular complexity index is 616. The summed E-state index contributed by atoms with van der Waals surface area (Å²) >= 11 is 0. The predicted octanol–water partition coefficient (Wildman–Crippen LogP) is 2.51. The number of nitrogens with zero attached hydrogens (tertiary/aromatic N) is 2. The van der Waals surface area contributed by atoms with Crippen molar-refractivity contribution in [3.63, 3.8) is 0 Å². The maximum atomic E-state index is 10.9. The second-order valence-electron chi connectivity index (χ2n) is 4.90. The van der Waals surface area contributed by atoms with E-state index in [0.717, 1.165) is 12.1 Å². The lowest BCUT2D eigenvalue weighted by molar-refractivity contribution is -0.384. The fourth-order valence-corrected chi connectivity index (χ4v) is 2.21. The summed E-state index contributed by atoms with van der Waals surface area (Å²) < 4.78 is 0. The van der Waals surface area contributed by atoms with Gasteiger partial charge in [0.2, 0.25) is 0 Å². The van der Waals surface area contributed by atoms with E-state index in [0.29, 0.717) is 12.2 Å². The third-order valence-corrected chi connectivity index (χ3v) is 3.19. The van der Waals surface area contributed by atoms with E-state index in [4.69, 9.17) is 5.84 Å². The lowest BCUT2D eigenvalue weighted by atomic mass is 10.1. The van der Waals surface area contributed by atoms with Gasteiger partial charge in [-0.3, -0.25) is 20.9 Å². The zero-order valence-corrected chi connectivity index (χ0v) is 11.8. The van der Waals surface area contributed by atoms with Crippen molar-refractivity contribution in [1.82, 2.24) is 4.90 Å². The number of nitrogen functional groups attached to an aromatic ring is 1. The molecule has 0 radical (unpaired) electrons. The Balaban J connectivity index is 2.13. The molecule has 0 aromatic heterocycles. The van der Waals surface area contributed by atoms with Crippen LogP contribution in [0.25, 0.3) is 0 Å². The first-order chi connectivity index (χ1) is 10.1. The number of nitro groups is 1. The largest absolute Gasteiger partial charge is 0.324 e. The number of nitro benzene ring substituents is 1. The van der Waals surface area contributed by atoms with E-state index in [1.807, 2.05) is 37.4 Å². The standard InChI is InChI=1S/C15H18N4O2/c1-18(10-12-5-3-2-4-6-12)11-13-9-14(19(20)21)7-8-15(13)17-16/h2-9,17H,10-11,16H2,1H3. The number of hydrazine groups is 1. The molecule has 110 valence electrons. The highest BCUT2D eigenvalue weighted by Gasteiger charge is 2.12. The summed E-state index contributed by atoms with van der Waals surface area (Å²) in [5.41, 5.74) is 5.33. The molecule has 0 saturated carbocycles. The average molecular weight is 286 g/mol. The zero-order chi connectivity index (χ0) is 15.2. The first-order valence-electron chi connectivity index (χ1n) is 6.56. The highest BCUT2D eigenvalue weighted by atomic mass is 16.6. The van der Waals surface area contributed by atoms with Crippen LogP contribution in [0.3, 0.4) is 0 Å². The number of hydrogen-bond donors (Lipinski definition) is 2. The maximum Gasteiger partial charge on any atom is 0.269 e. The summed E-state index contributed by atoms with van der Waals surface area (Å²) in [4.78, 5) is 12.5. The van der Waals surface area contributed by atoms with E-state index < -0.39 is 4.92 Å². The van der Waals surface area contributed by atoms with Crippen LogP contribution in [0.15, 0.2) is 48.5 Å². The van der Waals surface area contributed by atoms with Gasteiger partial charge in [0.25, 0.3) is 5.69 Å². The van der Waals surface area contributed by atoms with E-state index in [9.17, 15) is 10.1 Å². The third kappa shape index (κ3) is 4.01. The second-order valence-corrected chi connectivity index (χ2v) is 4.90. The zero-order valence-electron chi connectivity index (χ0n) is 11.8. The van der Waals surface area contributed by atoms with Crippen LogP contribution < -0.4 is 11.3 Å². The number of anilines is 1. The second kappa shape index (κ2) is 6.83. The van der Waals surface area contributed by atoms with Crippen molar-refractivity contribution in [1.29, 1.82) is 0 Å². The van der Waals surface area contributed by atoms with Crippen molar-refractivity contribution in [3.8, 4) is 0 Å². The van der Waals surface area contributed by atoms with Crippen molar-refractivity contribution in [3.05, 3.63) is 69.8 Å². The molecule has 0 saturated heterocycles. The fourth-order valence-electron chi connectivity index (χ4n) is 2.21. The van der Waals surface area contributed by atoms with Crippen molar-refractivity contribution < 1.29 is 4.92 Å². The Labute approximate surface area is 123 Å². The van der Waals surface area contributed by atoms with Gasteiger partial charge in [-0.25, -0.2) is 0 Å². The molecule has 0 amide bonds. The summed E-state index contributed by atoms with van der Waals surface area (Å²) in [5, 5.41) is 10.9. The highest BCUT2D eigenvalue weighted by Crippen LogP contribution is 2.23. The Hall–Kier alpha value is -2.44. The number of benzene rings is 2. The molecular formula is C15H18N4O2. The van der Waals surface area contributed by atoms with Crippen LogP contribution >= 0.6 is 0 Å². The van der Waals surface area contributed by atoms with Gasteiger partial charge in [-0.15, -0.1) is 0 Å². The molecule has 0 spiro atoms. The maximum absolute atomic E-state index is 10.9. The monoisotopic (exact) mass is 286 g/mol. The number of rotatable bonds is 6. The molecule has 0 aliphatic carbocycles. The first kappa shape index (κ1) is 15.0. The van der Waals surface area contributed by atoms with Gasteiger partial charge in [0, 0.05) is 25.2 Å². The molecule has 21 heavy (non-hydrogen) atoms. The predicted molar refractivity (Wildman–Crippen MR) is 82.5 cm³/mol. The van der Waals surface area contributed by atoms with E-state index >= 15 is 0 Å². The molecule has 0 heterocycles. The summed E-state index contributed by atoms with van der Waals surface area (Å²) in [7, 11) is 1.96. The lowest BCUT2D eigenvalue weighted by Crippen LogP contribution is -2.19. The minimum Gasteiger partial charge on any atom is -0.324 e. The van der Waals surface area contributed by atoms with Crippen LogP contribution in [0.2, 0.25) is 0 Å². The molecule has 6 nitrogen and oxygen atoms in total. The van der Waals surface area contributed by atoms with Gasteiger partial charge in [0.1, 0.15) is 0 Å². The lowest BCUT2D eigenvalue weighted by Gasteiger charge is -2.18. The molecule has 0 bridgehead atoms. The molecule has 0 unspecified atom stereocenters. The molecule has 0 aliphatic heterocycles. The molecule has 2 rings (SSSR count). The van der Waals surface area contributed by atoms with Crippen LogP contribution in [-0.2, 0) is 13.1 Å². The number of hydrogen-bond acceptors (Lipinski definition) is 5. The number of nitrogens with one attached hydrogen (secondary N) is 1. The molecule has 3 N–H and O–H groups in total. The summed E-state index contributed by atoms with van der Waals surface area (Å²) in [5.74, 6) is 5.47. The van der Waals surface area contributed by atoms with E-state index in [1.165, 1.54) is 11.6 Å². The van der Waals surface area contributed by atoms with Gasteiger partial charge in [-0.05, 0) is 24.2 Å². The number of nitrogens with two attached hydrogens (primary N) is 1. The summed E-state index contributed by atoms with van der Waals surface area (Å²) in [6, 6.07) is 14.7. The van der Waals surface area contributed by atoms with Crippen LogP contribution in [0.5, 0.6) is 0 Å². The third-order valence-electron chi connectivity index (χ3n) is 3.19. The Morgan fingerprint density at radius 3 is 2.52 bits per heavy atom. The number of non-ortho nitro benzene ring substituents is 1. The van der Waals surface area contributed by atoms with Gasteiger partial charge in [-0.1, -0.05) is 30.3 Å². The SMILES string of the molecule is CN(Cc1ccccc1)Cc1cc([N+](=O)[O-])ccc1NN. The van der Waals surface area contributed by atoms with Gasteiger partial charge in [-0.2, -0.15) is 0 Å². The minimum atomic E-state index is -0.402. The normalized spacial score (nSPS) is 10.6. The van der Waals surface area contributed by atoms with Crippen LogP contribution in [0.1, 0.15) is 11.1 Å². The first-order valence-corrected chi connectivity index (χ1v) is 6.56. The van der Waals surface area contributed by atoms with Crippen molar-refractivity contribution in [2.45, 2.75) is 13.1 Å². The van der Waals surface area contributed by atoms with E-state index in [2.05, 4.69) is 10.3 Å². The Morgan fingerprint density at radius 2 is 1.90 bits per heavy atom. The Morgan fingerprint density at radius 1 is 1.19 bits per heavy atom. The van der Waals surface area contributed by atoms with Crippen molar-refractivity contribution >= 4 is 11.4 Å². The van der Waals surface area contributed by atoms with Crippen LogP contribution in [0.4, 0.5) is 11.4 Å². The Kier molecular flexibility index (Phi) is 4.86. The van der Waals surface area contributed by atoms with E-state index in [-0.39, 0.29) is 5.69 Å². The molecule has 0 fully saturated rings. The quantitative estimate of drug-likeness (QED) is 0.484. The van der Waals surface area contributed by atoms with Gasteiger partial charge in [0.05, 0.1) is 10.6 Å². The molecule has 2 aromatic rings. The van der Waals surface area contributed by atoms with Crippen LogP contribution in [0, 0.1) is 10.1 Å². The molecular weight excluding hydrogens is 268 g/mol. The molecule has 0 atom stereocenters. The smallest absolute Gasteiger partial charge is 0.269 e. The summed E-state index contributed by atoms with van der Waals surface area (Å²) in [6.45, 7) is 1.32. The van der Waals surface area contributed by atoms with Gasteiger partial charge >= 0.3 is 0 Å². The van der Waals surface area contributed by atoms with Gasteiger partial charge < -0.3 is 5.43 Å². The molecule has 2 aromatic carbocycles. The molecule has 6 heteroatoms. The highest BCUT2D eigenvalue weighted by molar-refractivity contribution is 5.55. The van der Waals surface area contributed by atoms with Crippen molar-refractivity contribution in [2.24, 2.45) is 5.84 Å².